The van der Waals surface area contributed by atoms with Crippen LogP contribution in [-0.4, -0.2) is 44.1 Å². The number of hydrogen-bond donors (Lipinski definition) is 1. The summed E-state index contributed by atoms with van der Waals surface area (Å²) in [6.45, 7) is 0. The van der Waals surface area contributed by atoms with Crippen LogP contribution in [0.2, 0.25) is 0 Å². The summed E-state index contributed by atoms with van der Waals surface area (Å²) in [5.74, 6) is 2.03. The number of ether oxygens (including phenoxy) is 1. The lowest BCUT2D eigenvalue weighted by atomic mass is 10.2. The monoisotopic (exact) mass is 377 g/mol. The Morgan fingerprint density at radius 3 is 2.29 bits per heavy atom. The van der Waals surface area contributed by atoms with Gasteiger partial charge in [-0.25, -0.2) is 4.98 Å². The highest BCUT2D eigenvalue weighted by molar-refractivity contribution is 6.07. The van der Waals surface area contributed by atoms with Crippen LogP contribution in [0.1, 0.15) is 10.4 Å². The van der Waals surface area contributed by atoms with Gasteiger partial charge in [0.2, 0.25) is 5.95 Å². The van der Waals surface area contributed by atoms with Crippen molar-refractivity contribution < 1.29 is 9.53 Å². The van der Waals surface area contributed by atoms with Crippen LogP contribution in [0.3, 0.4) is 0 Å². The van der Waals surface area contributed by atoms with Gasteiger partial charge in [-0.15, -0.1) is 0 Å². The molecule has 7 heteroatoms. The molecule has 1 amide bonds. The first-order valence-corrected chi connectivity index (χ1v) is 8.80. The standard InChI is InChI=1S/C21H23N5O2/c1-25(2)19-17(14-22-21(24-19)26(3)4)23-20(27)16-12-8-9-13-18(16)28-15-10-6-5-7-11-15/h5-14H,1-4H3,(H,23,27). The smallest absolute Gasteiger partial charge is 0.259 e. The first kappa shape index (κ1) is 19.2. The largest absolute Gasteiger partial charge is 0.457 e. The summed E-state index contributed by atoms with van der Waals surface area (Å²) in [5.41, 5.74) is 0.947. The number of carbonyl (C=O) groups is 1. The van der Waals surface area contributed by atoms with Crippen molar-refractivity contribution in [2.75, 3.05) is 43.3 Å². The molecule has 0 aliphatic carbocycles. The predicted octanol–water partition coefficient (Wildman–Crippen LogP) is 3.65. The first-order chi connectivity index (χ1) is 13.5. The van der Waals surface area contributed by atoms with Crippen LogP contribution in [0.15, 0.2) is 60.8 Å². The summed E-state index contributed by atoms with van der Waals surface area (Å²) in [6, 6.07) is 16.5. The molecule has 1 aromatic heterocycles. The topological polar surface area (TPSA) is 70.6 Å². The molecule has 1 heterocycles. The van der Waals surface area contributed by atoms with Gasteiger partial charge in [0.25, 0.3) is 5.91 Å². The molecule has 0 aliphatic rings. The fourth-order valence-electron chi connectivity index (χ4n) is 2.56. The number of anilines is 3. The van der Waals surface area contributed by atoms with Gasteiger partial charge in [0.05, 0.1) is 11.8 Å². The van der Waals surface area contributed by atoms with Crippen LogP contribution >= 0.6 is 0 Å². The molecule has 2 aromatic carbocycles. The SMILES string of the molecule is CN(C)c1ncc(NC(=O)c2ccccc2Oc2ccccc2)c(N(C)C)n1. The molecular weight excluding hydrogens is 354 g/mol. The molecule has 28 heavy (non-hydrogen) atoms. The van der Waals surface area contributed by atoms with E-state index in [0.29, 0.717) is 34.5 Å². The lowest BCUT2D eigenvalue weighted by Gasteiger charge is -2.19. The third kappa shape index (κ3) is 4.37. The molecule has 1 N–H and O–H groups in total. The summed E-state index contributed by atoms with van der Waals surface area (Å²) in [7, 11) is 7.46. The van der Waals surface area contributed by atoms with Crippen LogP contribution in [0.5, 0.6) is 11.5 Å². The van der Waals surface area contributed by atoms with Gasteiger partial charge in [-0.2, -0.15) is 4.98 Å². The average molecular weight is 377 g/mol. The van der Waals surface area contributed by atoms with Crippen molar-refractivity contribution in [2.24, 2.45) is 0 Å². The van der Waals surface area contributed by atoms with Gasteiger partial charge in [-0.1, -0.05) is 30.3 Å². The summed E-state index contributed by atoms with van der Waals surface area (Å²) in [4.78, 5) is 25.4. The number of nitrogens with zero attached hydrogens (tertiary/aromatic N) is 4. The number of benzene rings is 2. The molecule has 0 radical (unpaired) electrons. The Balaban J connectivity index is 1.88. The quantitative estimate of drug-likeness (QED) is 0.707. The highest BCUT2D eigenvalue weighted by Gasteiger charge is 2.17. The maximum Gasteiger partial charge on any atom is 0.259 e. The maximum atomic E-state index is 12.9. The number of aromatic nitrogens is 2. The number of para-hydroxylation sites is 2. The van der Waals surface area contributed by atoms with Gasteiger partial charge < -0.3 is 19.9 Å². The zero-order valence-electron chi connectivity index (χ0n) is 16.4. The maximum absolute atomic E-state index is 12.9. The second-order valence-corrected chi connectivity index (χ2v) is 6.56. The van der Waals surface area contributed by atoms with Crippen molar-refractivity contribution in [2.45, 2.75) is 0 Å². The summed E-state index contributed by atoms with van der Waals surface area (Å²) < 4.78 is 5.89. The molecule has 3 rings (SSSR count). The second-order valence-electron chi connectivity index (χ2n) is 6.56. The Hall–Kier alpha value is -3.61. The number of nitrogens with one attached hydrogen (secondary N) is 1. The third-order valence-electron chi connectivity index (χ3n) is 3.93. The predicted molar refractivity (Wildman–Crippen MR) is 112 cm³/mol. The Morgan fingerprint density at radius 2 is 1.61 bits per heavy atom. The van der Waals surface area contributed by atoms with E-state index in [1.807, 2.05) is 74.4 Å². The highest BCUT2D eigenvalue weighted by Crippen LogP contribution is 2.28. The van der Waals surface area contributed by atoms with Crippen LogP contribution < -0.4 is 19.9 Å². The van der Waals surface area contributed by atoms with Crippen molar-refractivity contribution in [1.29, 1.82) is 0 Å². The Kier molecular flexibility index (Phi) is 5.74. The molecule has 0 aliphatic heterocycles. The van der Waals surface area contributed by atoms with Crippen LogP contribution in [-0.2, 0) is 0 Å². The third-order valence-corrected chi connectivity index (χ3v) is 3.93. The Labute approximate surface area is 164 Å². The van der Waals surface area contributed by atoms with Crippen LogP contribution in [0.25, 0.3) is 0 Å². The molecule has 7 nitrogen and oxygen atoms in total. The minimum absolute atomic E-state index is 0.296. The minimum Gasteiger partial charge on any atom is -0.457 e. The van der Waals surface area contributed by atoms with Gasteiger partial charge in [0.15, 0.2) is 5.82 Å². The first-order valence-electron chi connectivity index (χ1n) is 8.80. The molecule has 144 valence electrons. The summed E-state index contributed by atoms with van der Waals surface area (Å²) in [5, 5.41) is 2.90. The van der Waals surface area contributed by atoms with Gasteiger partial charge in [-0.05, 0) is 24.3 Å². The van der Waals surface area contributed by atoms with Crippen molar-refractivity contribution in [1.82, 2.24) is 9.97 Å². The van der Waals surface area contributed by atoms with Gasteiger partial charge in [0.1, 0.15) is 17.2 Å². The Morgan fingerprint density at radius 1 is 0.929 bits per heavy atom. The van der Waals surface area contributed by atoms with E-state index in [0.717, 1.165) is 0 Å². The highest BCUT2D eigenvalue weighted by atomic mass is 16.5. The van der Waals surface area contributed by atoms with Crippen LogP contribution in [0, 0.1) is 0 Å². The molecule has 0 atom stereocenters. The summed E-state index contributed by atoms with van der Waals surface area (Å²) in [6.07, 6.45) is 1.61. The lowest BCUT2D eigenvalue weighted by Crippen LogP contribution is -2.21. The Bertz CT molecular complexity index is 958. The molecule has 0 saturated carbocycles. The van der Waals surface area contributed by atoms with Gasteiger partial charge in [0, 0.05) is 28.2 Å². The van der Waals surface area contributed by atoms with Crippen molar-refractivity contribution in [3.63, 3.8) is 0 Å². The van der Waals surface area contributed by atoms with E-state index in [9.17, 15) is 4.79 Å². The molecule has 0 spiro atoms. The molecular formula is C21H23N5O2. The van der Waals surface area contributed by atoms with E-state index in [2.05, 4.69) is 15.3 Å². The molecule has 3 aromatic rings. The van der Waals surface area contributed by atoms with Gasteiger partial charge >= 0.3 is 0 Å². The van der Waals surface area contributed by atoms with E-state index in [-0.39, 0.29) is 5.91 Å². The number of carbonyl (C=O) groups excluding carboxylic acids is 1. The van der Waals surface area contributed by atoms with Crippen LogP contribution in [0.4, 0.5) is 17.5 Å². The zero-order valence-corrected chi connectivity index (χ0v) is 16.4. The number of rotatable bonds is 6. The second kappa shape index (κ2) is 8.39. The number of amides is 1. The molecule has 0 unspecified atom stereocenters. The normalized spacial score (nSPS) is 10.3. The van der Waals surface area contributed by atoms with E-state index in [1.54, 1.807) is 24.4 Å². The molecule has 0 fully saturated rings. The summed E-state index contributed by atoms with van der Waals surface area (Å²) >= 11 is 0. The van der Waals surface area contributed by atoms with Crippen molar-refractivity contribution in [3.8, 4) is 11.5 Å². The molecule has 0 saturated heterocycles. The van der Waals surface area contributed by atoms with Crippen molar-refractivity contribution in [3.05, 3.63) is 66.4 Å². The molecule has 0 bridgehead atoms. The van der Waals surface area contributed by atoms with Crippen molar-refractivity contribution >= 4 is 23.4 Å². The average Bonchev–Trinajstić information content (AvgIpc) is 2.69. The number of hydrogen-bond acceptors (Lipinski definition) is 6. The fraction of sp³-hybridized carbons (Fsp3) is 0.190. The van der Waals surface area contributed by atoms with Gasteiger partial charge in [-0.3, -0.25) is 4.79 Å². The zero-order chi connectivity index (χ0) is 20.1. The van der Waals surface area contributed by atoms with E-state index < -0.39 is 0 Å². The van der Waals surface area contributed by atoms with E-state index >= 15 is 0 Å². The minimum atomic E-state index is -0.296. The van der Waals surface area contributed by atoms with E-state index in [4.69, 9.17) is 4.74 Å². The fourth-order valence-corrected chi connectivity index (χ4v) is 2.56. The lowest BCUT2D eigenvalue weighted by molar-refractivity contribution is 0.102. The van der Waals surface area contributed by atoms with E-state index in [1.165, 1.54) is 0 Å².